The van der Waals surface area contributed by atoms with E-state index < -0.39 is 47.3 Å². The maximum Gasteiger partial charge on any atom is 0.410 e. The van der Waals surface area contributed by atoms with Crippen LogP contribution in [0.25, 0.3) is 0 Å². The molecule has 6 amide bonds. The maximum atomic E-state index is 13.1. The van der Waals surface area contributed by atoms with Crippen LogP contribution in [0.2, 0.25) is 0 Å². The predicted octanol–water partition coefficient (Wildman–Crippen LogP) is 0.272. The van der Waals surface area contributed by atoms with Crippen molar-refractivity contribution in [2.45, 2.75) is 45.3 Å². The monoisotopic (exact) mass is 605 g/mol. The van der Waals surface area contributed by atoms with Crippen molar-refractivity contribution in [3.63, 3.8) is 0 Å². The van der Waals surface area contributed by atoms with Gasteiger partial charge in [0, 0.05) is 26.1 Å². The Morgan fingerprint density at radius 2 is 1.67 bits per heavy atom. The number of rotatable bonds is 15. The van der Waals surface area contributed by atoms with Gasteiger partial charge in [-0.3, -0.25) is 34.2 Å². The number of carbonyl (C=O) groups excluding carboxylic acids is 6. The Labute approximate surface area is 249 Å². The second kappa shape index (κ2) is 15.5. The molecule has 1 atom stereocenters. The van der Waals surface area contributed by atoms with Gasteiger partial charge >= 0.3 is 6.09 Å². The number of hydrogen-bond donors (Lipinski definition) is 3. The summed E-state index contributed by atoms with van der Waals surface area (Å²) in [5, 5.41) is 4.72. The number of piperidine rings is 1. The van der Waals surface area contributed by atoms with Crippen LogP contribution in [0.15, 0.2) is 18.2 Å². The second-order valence-corrected chi connectivity index (χ2v) is 10.8. The molecule has 0 radical (unpaired) electrons. The molecule has 2 aliphatic heterocycles. The Morgan fingerprint density at radius 3 is 2.33 bits per heavy atom. The lowest BCUT2D eigenvalue weighted by Gasteiger charge is -2.27. The molecule has 0 spiro atoms. The highest BCUT2D eigenvalue weighted by atomic mass is 16.6. The van der Waals surface area contributed by atoms with Crippen LogP contribution in [0.1, 0.15) is 54.3 Å². The van der Waals surface area contributed by atoms with E-state index in [1.165, 1.54) is 23.1 Å². The standard InChI is InChI=1S/C28H39N5O10/c1-28(2,3)43-27(39)32(10-13-40-12-9-29)11-14-41-15-16-42-17-22(35)30-19-6-4-5-18-23(19)26(38)33(25(18)37)20-7-8-21(34)31-24(20)36/h4-6,20H,7-17,29H2,1-3H3,(H,30,35)(H,31,34,36). The number of nitrogens with zero attached hydrogens (tertiary/aromatic N) is 2. The fourth-order valence-corrected chi connectivity index (χ4v) is 4.35. The Bertz CT molecular complexity index is 1210. The third kappa shape index (κ3) is 9.54. The van der Waals surface area contributed by atoms with Gasteiger partial charge in [-0.05, 0) is 39.3 Å². The average Bonchev–Trinajstić information content (AvgIpc) is 3.18. The van der Waals surface area contributed by atoms with E-state index in [4.69, 9.17) is 24.7 Å². The first-order valence-corrected chi connectivity index (χ1v) is 14.0. The van der Waals surface area contributed by atoms with Crippen LogP contribution < -0.4 is 16.4 Å². The largest absolute Gasteiger partial charge is 0.444 e. The van der Waals surface area contributed by atoms with Crippen LogP contribution in [0, 0.1) is 0 Å². The smallest absolute Gasteiger partial charge is 0.410 e. The summed E-state index contributed by atoms with van der Waals surface area (Å²) in [4.78, 5) is 77.1. The summed E-state index contributed by atoms with van der Waals surface area (Å²) in [5.74, 6) is -3.16. The van der Waals surface area contributed by atoms with Crippen molar-refractivity contribution in [1.29, 1.82) is 0 Å². The lowest BCUT2D eigenvalue weighted by atomic mass is 10.0. The van der Waals surface area contributed by atoms with Crippen LogP contribution >= 0.6 is 0 Å². The third-order valence-electron chi connectivity index (χ3n) is 6.27. The molecule has 1 fully saturated rings. The van der Waals surface area contributed by atoms with E-state index in [-0.39, 0.29) is 62.6 Å². The van der Waals surface area contributed by atoms with Crippen LogP contribution in [-0.2, 0) is 33.3 Å². The summed E-state index contributed by atoms with van der Waals surface area (Å²) in [6.45, 7) is 7.00. The van der Waals surface area contributed by atoms with Gasteiger partial charge in [-0.2, -0.15) is 0 Å². The number of nitrogens with one attached hydrogen (secondary N) is 2. The molecule has 43 heavy (non-hydrogen) atoms. The molecule has 2 aliphatic rings. The maximum absolute atomic E-state index is 13.1. The van der Waals surface area contributed by atoms with E-state index in [1.807, 2.05) is 0 Å². The zero-order valence-electron chi connectivity index (χ0n) is 24.6. The van der Waals surface area contributed by atoms with Gasteiger partial charge in [-0.1, -0.05) is 6.07 Å². The van der Waals surface area contributed by atoms with E-state index in [0.717, 1.165) is 4.90 Å². The number of benzene rings is 1. The average molecular weight is 606 g/mol. The molecule has 0 saturated carbocycles. The van der Waals surface area contributed by atoms with Crippen LogP contribution in [0.3, 0.4) is 0 Å². The molecule has 0 aliphatic carbocycles. The zero-order chi connectivity index (χ0) is 31.6. The first-order chi connectivity index (χ1) is 20.4. The number of imide groups is 2. The van der Waals surface area contributed by atoms with Gasteiger partial charge < -0.3 is 34.9 Å². The second-order valence-electron chi connectivity index (χ2n) is 10.8. The van der Waals surface area contributed by atoms with Crippen LogP contribution in [0.4, 0.5) is 10.5 Å². The van der Waals surface area contributed by atoms with Crippen molar-refractivity contribution in [2.24, 2.45) is 5.73 Å². The Kier molecular flexibility index (Phi) is 12.1. The highest BCUT2D eigenvalue weighted by molar-refractivity contribution is 6.26. The molecule has 15 heteroatoms. The number of ether oxygens (including phenoxy) is 4. The van der Waals surface area contributed by atoms with Crippen molar-refractivity contribution >= 4 is 41.3 Å². The number of anilines is 1. The quantitative estimate of drug-likeness (QED) is 0.183. The van der Waals surface area contributed by atoms with E-state index in [9.17, 15) is 28.8 Å². The van der Waals surface area contributed by atoms with Gasteiger partial charge in [0.2, 0.25) is 17.7 Å². The minimum atomic E-state index is -1.11. The van der Waals surface area contributed by atoms with Gasteiger partial charge in [0.1, 0.15) is 18.2 Å². The molecule has 3 rings (SSSR count). The molecule has 15 nitrogen and oxygen atoms in total. The molecule has 1 aromatic carbocycles. The van der Waals surface area contributed by atoms with Crippen molar-refractivity contribution < 1.29 is 47.7 Å². The van der Waals surface area contributed by atoms with Crippen molar-refractivity contribution in [3.05, 3.63) is 29.3 Å². The molecular formula is C28H39N5O10. The van der Waals surface area contributed by atoms with Gasteiger partial charge in [0.05, 0.1) is 49.8 Å². The topological polar surface area (TPSA) is 196 Å². The van der Waals surface area contributed by atoms with Gasteiger partial charge in [0.15, 0.2) is 0 Å². The lowest BCUT2D eigenvalue weighted by molar-refractivity contribution is -0.136. The molecule has 1 saturated heterocycles. The fraction of sp³-hybridized carbons (Fsp3) is 0.571. The summed E-state index contributed by atoms with van der Waals surface area (Å²) in [7, 11) is 0. The van der Waals surface area contributed by atoms with Crippen LogP contribution in [-0.4, -0.2) is 116 Å². The summed E-state index contributed by atoms with van der Waals surface area (Å²) >= 11 is 0. The van der Waals surface area contributed by atoms with Crippen molar-refractivity contribution in [1.82, 2.24) is 15.1 Å². The Morgan fingerprint density at radius 1 is 1.00 bits per heavy atom. The molecule has 1 unspecified atom stereocenters. The molecular weight excluding hydrogens is 566 g/mol. The highest BCUT2D eigenvalue weighted by Crippen LogP contribution is 2.32. The Hall–Kier alpha value is -3.92. The summed E-state index contributed by atoms with van der Waals surface area (Å²) < 4.78 is 21.7. The number of fused-ring (bicyclic) bond motifs is 1. The minimum Gasteiger partial charge on any atom is -0.444 e. The van der Waals surface area contributed by atoms with E-state index >= 15 is 0 Å². The first kappa shape index (κ1) is 33.6. The molecule has 4 N–H and O–H groups in total. The predicted molar refractivity (Wildman–Crippen MR) is 151 cm³/mol. The zero-order valence-corrected chi connectivity index (χ0v) is 24.6. The van der Waals surface area contributed by atoms with Crippen LogP contribution in [0.5, 0.6) is 0 Å². The van der Waals surface area contributed by atoms with Crippen molar-refractivity contribution in [2.75, 3.05) is 64.6 Å². The summed E-state index contributed by atoms with van der Waals surface area (Å²) in [5.41, 5.74) is 4.89. The number of hydrogen-bond acceptors (Lipinski definition) is 11. The number of amides is 6. The molecule has 1 aromatic rings. The Balaban J connectivity index is 1.43. The number of nitrogens with two attached hydrogens (primary N) is 1. The summed E-state index contributed by atoms with van der Waals surface area (Å²) in [6, 6.07) is 3.30. The molecule has 2 heterocycles. The number of carbonyl (C=O) groups is 6. The van der Waals surface area contributed by atoms with E-state index in [0.29, 0.717) is 26.3 Å². The SMILES string of the molecule is CC(C)(C)OC(=O)N(CCOCCN)CCOCCOCC(=O)Nc1cccc2c1C(=O)N(C1CCC(=O)NC1=O)C2=O. The molecule has 0 aromatic heterocycles. The minimum absolute atomic E-state index is 0.000646. The fourth-order valence-electron chi connectivity index (χ4n) is 4.35. The first-order valence-electron chi connectivity index (χ1n) is 14.0. The third-order valence-corrected chi connectivity index (χ3v) is 6.27. The molecule has 0 bridgehead atoms. The van der Waals surface area contributed by atoms with Crippen molar-refractivity contribution in [3.8, 4) is 0 Å². The lowest BCUT2D eigenvalue weighted by Crippen LogP contribution is -2.54. The van der Waals surface area contributed by atoms with Gasteiger partial charge in [-0.25, -0.2) is 4.79 Å². The van der Waals surface area contributed by atoms with Gasteiger partial charge in [-0.15, -0.1) is 0 Å². The summed E-state index contributed by atoms with van der Waals surface area (Å²) in [6.07, 6.45) is -0.468. The van der Waals surface area contributed by atoms with Gasteiger partial charge in [0.25, 0.3) is 11.8 Å². The van der Waals surface area contributed by atoms with E-state index in [1.54, 1.807) is 20.8 Å². The highest BCUT2D eigenvalue weighted by Gasteiger charge is 2.45. The normalized spacial score (nSPS) is 16.7. The van der Waals surface area contributed by atoms with E-state index in [2.05, 4.69) is 10.6 Å². The molecule has 236 valence electrons.